The van der Waals surface area contributed by atoms with Crippen molar-refractivity contribution in [2.75, 3.05) is 25.1 Å². The van der Waals surface area contributed by atoms with Gasteiger partial charge in [-0.2, -0.15) is 0 Å². The molecule has 2 atom stereocenters. The van der Waals surface area contributed by atoms with Crippen molar-refractivity contribution in [1.29, 1.82) is 0 Å². The number of hydrogen-bond acceptors (Lipinski definition) is 4. The lowest BCUT2D eigenvalue weighted by molar-refractivity contribution is -0.127. The highest BCUT2D eigenvalue weighted by Crippen LogP contribution is 2.36. The molecule has 1 saturated carbocycles. The van der Waals surface area contributed by atoms with Crippen LogP contribution in [0, 0.1) is 11.8 Å². The Balaban J connectivity index is 0.00000225. The third-order valence-electron chi connectivity index (χ3n) is 4.70. The van der Waals surface area contributed by atoms with Gasteiger partial charge in [0.15, 0.2) is 0 Å². The number of benzene rings is 1. The molecule has 1 saturated heterocycles. The standard InChI is InChI=1S/C17H22ClN3O3.ClH/c1-24-15-5-4-12(18)7-14(15)21-9-11(6-16(21)22)17(23)20-13(8-19)10-2-3-10;/h4-5,7,10-11,13H,2-3,6,8-9,19H2,1H3,(H,20,23);1H. The first-order chi connectivity index (χ1) is 11.5. The minimum atomic E-state index is -0.381. The third-order valence-corrected chi connectivity index (χ3v) is 4.94. The van der Waals surface area contributed by atoms with Crippen LogP contribution in [0.3, 0.4) is 0 Å². The monoisotopic (exact) mass is 387 g/mol. The first kappa shape index (κ1) is 19.8. The van der Waals surface area contributed by atoms with Gasteiger partial charge in [0.25, 0.3) is 0 Å². The maximum atomic E-state index is 12.5. The van der Waals surface area contributed by atoms with Crippen LogP contribution < -0.4 is 20.7 Å². The zero-order valence-corrected chi connectivity index (χ0v) is 15.6. The average Bonchev–Trinajstić information content (AvgIpc) is 3.34. The predicted octanol–water partition coefficient (Wildman–Crippen LogP) is 1.98. The summed E-state index contributed by atoms with van der Waals surface area (Å²) in [5.41, 5.74) is 6.34. The van der Waals surface area contributed by atoms with Gasteiger partial charge in [0, 0.05) is 30.6 Å². The van der Waals surface area contributed by atoms with Crippen molar-refractivity contribution in [3.05, 3.63) is 23.2 Å². The molecule has 0 spiro atoms. The SMILES string of the molecule is COc1ccc(Cl)cc1N1CC(C(=O)NC(CN)C2CC2)CC1=O.Cl. The lowest BCUT2D eigenvalue weighted by atomic mass is 10.1. The fraction of sp³-hybridized carbons (Fsp3) is 0.529. The van der Waals surface area contributed by atoms with Gasteiger partial charge < -0.3 is 20.7 Å². The Bertz CT molecular complexity index is 652. The van der Waals surface area contributed by atoms with Crippen LogP contribution in [0.5, 0.6) is 5.75 Å². The van der Waals surface area contributed by atoms with Crippen LogP contribution in [-0.4, -0.2) is 38.1 Å². The maximum Gasteiger partial charge on any atom is 0.227 e. The molecule has 2 fully saturated rings. The number of methoxy groups -OCH3 is 1. The number of ether oxygens (including phenoxy) is 1. The van der Waals surface area contributed by atoms with Crippen molar-refractivity contribution in [3.8, 4) is 5.75 Å². The summed E-state index contributed by atoms with van der Waals surface area (Å²) in [7, 11) is 1.54. The highest BCUT2D eigenvalue weighted by atomic mass is 35.5. The normalized spacial score (nSPS) is 20.8. The Kier molecular flexibility index (Phi) is 6.54. The smallest absolute Gasteiger partial charge is 0.227 e. The molecule has 2 aliphatic rings. The largest absolute Gasteiger partial charge is 0.495 e. The highest BCUT2D eigenvalue weighted by molar-refractivity contribution is 6.31. The molecule has 0 radical (unpaired) electrons. The number of carbonyl (C=O) groups excluding carboxylic acids is 2. The molecule has 25 heavy (non-hydrogen) atoms. The molecule has 1 aliphatic heterocycles. The molecule has 2 unspecified atom stereocenters. The highest BCUT2D eigenvalue weighted by Gasteiger charge is 2.38. The summed E-state index contributed by atoms with van der Waals surface area (Å²) in [6.45, 7) is 0.756. The van der Waals surface area contributed by atoms with Gasteiger partial charge in [-0.1, -0.05) is 11.6 Å². The van der Waals surface area contributed by atoms with E-state index in [1.807, 2.05) is 0 Å². The van der Waals surface area contributed by atoms with Crippen molar-refractivity contribution in [1.82, 2.24) is 5.32 Å². The molecule has 6 nitrogen and oxygen atoms in total. The zero-order valence-electron chi connectivity index (χ0n) is 14.0. The number of nitrogens with one attached hydrogen (secondary N) is 1. The minimum absolute atomic E-state index is 0. The summed E-state index contributed by atoms with van der Waals surface area (Å²) in [5.74, 6) is 0.460. The van der Waals surface area contributed by atoms with Gasteiger partial charge in [-0.05, 0) is 37.0 Å². The molecule has 0 aromatic heterocycles. The van der Waals surface area contributed by atoms with E-state index in [0.717, 1.165) is 12.8 Å². The fourth-order valence-corrected chi connectivity index (χ4v) is 3.32. The summed E-state index contributed by atoms with van der Waals surface area (Å²) in [5, 5.41) is 3.52. The van der Waals surface area contributed by atoms with Crippen LogP contribution in [0.15, 0.2) is 18.2 Å². The van der Waals surface area contributed by atoms with E-state index >= 15 is 0 Å². The Morgan fingerprint density at radius 3 is 2.80 bits per heavy atom. The van der Waals surface area contributed by atoms with E-state index in [9.17, 15) is 9.59 Å². The molecular formula is C17H23Cl2N3O3. The molecular weight excluding hydrogens is 365 g/mol. The summed E-state index contributed by atoms with van der Waals surface area (Å²) < 4.78 is 5.31. The molecule has 1 heterocycles. The number of anilines is 1. The molecule has 1 aromatic carbocycles. The number of rotatable bonds is 6. The molecule has 138 valence electrons. The zero-order chi connectivity index (χ0) is 17.3. The van der Waals surface area contributed by atoms with Gasteiger partial charge in [-0.25, -0.2) is 0 Å². The second kappa shape index (κ2) is 8.25. The van der Waals surface area contributed by atoms with E-state index in [0.29, 0.717) is 35.5 Å². The molecule has 0 bridgehead atoms. The fourth-order valence-electron chi connectivity index (χ4n) is 3.16. The van der Waals surface area contributed by atoms with Crippen molar-refractivity contribution in [3.63, 3.8) is 0 Å². The van der Waals surface area contributed by atoms with Crippen LogP contribution in [0.25, 0.3) is 0 Å². The van der Waals surface area contributed by atoms with Gasteiger partial charge in [-0.15, -0.1) is 12.4 Å². The Labute approximate surface area is 158 Å². The first-order valence-corrected chi connectivity index (χ1v) is 8.55. The Hall–Kier alpha value is -1.50. The van der Waals surface area contributed by atoms with Gasteiger partial charge in [0.05, 0.1) is 18.7 Å². The summed E-state index contributed by atoms with van der Waals surface area (Å²) in [6, 6.07) is 5.12. The number of nitrogens with two attached hydrogens (primary N) is 1. The number of carbonyl (C=O) groups is 2. The minimum Gasteiger partial charge on any atom is -0.495 e. The van der Waals surface area contributed by atoms with Crippen LogP contribution in [-0.2, 0) is 9.59 Å². The van der Waals surface area contributed by atoms with Crippen molar-refractivity contribution < 1.29 is 14.3 Å². The quantitative estimate of drug-likeness (QED) is 0.781. The summed E-state index contributed by atoms with van der Waals surface area (Å²) >= 11 is 6.04. The van der Waals surface area contributed by atoms with Gasteiger partial charge in [-0.3, -0.25) is 9.59 Å². The lowest BCUT2D eigenvalue weighted by Gasteiger charge is -2.21. The van der Waals surface area contributed by atoms with Crippen LogP contribution in [0.2, 0.25) is 5.02 Å². The topological polar surface area (TPSA) is 84.7 Å². The summed E-state index contributed by atoms with van der Waals surface area (Å²) in [4.78, 5) is 26.5. The lowest BCUT2D eigenvalue weighted by Crippen LogP contribution is -2.45. The first-order valence-electron chi connectivity index (χ1n) is 8.17. The number of halogens is 2. The molecule has 2 amide bonds. The number of amides is 2. The average molecular weight is 388 g/mol. The molecule has 8 heteroatoms. The van der Waals surface area contributed by atoms with Crippen LogP contribution in [0.1, 0.15) is 19.3 Å². The van der Waals surface area contributed by atoms with E-state index < -0.39 is 0 Å². The van der Waals surface area contributed by atoms with Gasteiger partial charge in [0.2, 0.25) is 11.8 Å². The van der Waals surface area contributed by atoms with E-state index in [2.05, 4.69) is 5.32 Å². The second-order valence-corrected chi connectivity index (χ2v) is 6.85. The number of hydrogen-bond donors (Lipinski definition) is 2. The Morgan fingerprint density at radius 2 is 2.20 bits per heavy atom. The predicted molar refractivity (Wildman–Crippen MR) is 99.4 cm³/mol. The van der Waals surface area contributed by atoms with E-state index in [1.165, 1.54) is 0 Å². The van der Waals surface area contributed by atoms with E-state index in [1.54, 1.807) is 30.2 Å². The van der Waals surface area contributed by atoms with Gasteiger partial charge >= 0.3 is 0 Å². The van der Waals surface area contributed by atoms with Crippen molar-refractivity contribution in [2.45, 2.75) is 25.3 Å². The van der Waals surface area contributed by atoms with E-state index in [-0.39, 0.29) is 42.6 Å². The Morgan fingerprint density at radius 1 is 1.48 bits per heavy atom. The molecule has 3 rings (SSSR count). The molecule has 1 aromatic rings. The molecule has 3 N–H and O–H groups in total. The third kappa shape index (κ3) is 4.37. The number of nitrogens with zero attached hydrogens (tertiary/aromatic N) is 1. The second-order valence-electron chi connectivity index (χ2n) is 6.41. The van der Waals surface area contributed by atoms with Crippen molar-refractivity contribution in [2.24, 2.45) is 17.6 Å². The van der Waals surface area contributed by atoms with Crippen LogP contribution in [0.4, 0.5) is 5.69 Å². The summed E-state index contributed by atoms with van der Waals surface area (Å²) in [6.07, 6.45) is 2.40. The van der Waals surface area contributed by atoms with E-state index in [4.69, 9.17) is 22.1 Å². The van der Waals surface area contributed by atoms with Gasteiger partial charge in [0.1, 0.15) is 5.75 Å². The van der Waals surface area contributed by atoms with Crippen molar-refractivity contribution >= 4 is 41.5 Å². The molecule has 1 aliphatic carbocycles. The van der Waals surface area contributed by atoms with Crippen LogP contribution >= 0.6 is 24.0 Å². The maximum absolute atomic E-state index is 12.5.